The number of alkyl halides is 3. The average molecular weight is 558 g/mol. The van der Waals surface area contributed by atoms with Crippen molar-refractivity contribution < 1.29 is 26.0 Å². The summed E-state index contributed by atoms with van der Waals surface area (Å²) >= 11 is 0. The monoisotopic (exact) mass is 557 g/mol. The number of nitrogens with one attached hydrogen (secondary N) is 2. The molecule has 2 bridgehead atoms. The van der Waals surface area contributed by atoms with Crippen LogP contribution in [0.1, 0.15) is 24.0 Å². The van der Waals surface area contributed by atoms with Gasteiger partial charge < -0.3 is 10.2 Å². The highest BCUT2D eigenvalue weighted by atomic mass is 35.5. The van der Waals surface area contributed by atoms with Crippen LogP contribution in [0, 0.1) is 12.7 Å². The normalized spacial score (nSPS) is 19.4. The molecule has 0 aliphatic carbocycles. The van der Waals surface area contributed by atoms with Crippen LogP contribution in [0.15, 0.2) is 53.6 Å². The van der Waals surface area contributed by atoms with E-state index in [0.717, 1.165) is 43.7 Å². The van der Waals surface area contributed by atoms with Gasteiger partial charge in [-0.05, 0) is 61.7 Å². The SMILES string of the molecule is Cc1ccc(F)cc1-c1nc(NS(=O)(=O)c2cccc(N3C[C@@H]4CCC3CN4)n2)ccc1C(F)(F)F.Cl. The molecule has 3 fully saturated rings. The van der Waals surface area contributed by atoms with E-state index in [1.165, 1.54) is 19.1 Å². The lowest BCUT2D eigenvalue weighted by Gasteiger charge is -2.46. The van der Waals surface area contributed by atoms with Crippen LogP contribution in [0.3, 0.4) is 0 Å². The van der Waals surface area contributed by atoms with Crippen molar-refractivity contribution in [2.75, 3.05) is 22.7 Å². The number of rotatable bonds is 5. The first kappa shape index (κ1) is 27.1. The van der Waals surface area contributed by atoms with Gasteiger partial charge in [0.05, 0.1) is 11.3 Å². The van der Waals surface area contributed by atoms with Crippen LogP contribution in [0.5, 0.6) is 0 Å². The van der Waals surface area contributed by atoms with E-state index in [1.807, 2.05) is 0 Å². The van der Waals surface area contributed by atoms with E-state index in [1.54, 1.807) is 12.1 Å². The number of nitrogens with zero attached hydrogens (tertiary/aromatic N) is 3. The second-order valence-corrected chi connectivity index (χ2v) is 10.6. The third kappa shape index (κ3) is 5.51. The number of halogens is 5. The number of piperidine rings is 2. The Morgan fingerprint density at radius 2 is 1.86 bits per heavy atom. The highest BCUT2D eigenvalue weighted by Crippen LogP contribution is 2.38. The Morgan fingerprint density at radius 1 is 1.08 bits per heavy atom. The molecule has 2 aromatic heterocycles. The molecule has 0 spiro atoms. The van der Waals surface area contributed by atoms with E-state index in [2.05, 4.69) is 24.9 Å². The number of anilines is 2. The van der Waals surface area contributed by atoms with Gasteiger partial charge in [0.1, 0.15) is 17.5 Å². The van der Waals surface area contributed by atoms with Crippen molar-refractivity contribution in [1.29, 1.82) is 0 Å². The Kier molecular flexibility index (Phi) is 7.37. The molecular formula is C24H24ClF4N5O2S. The highest BCUT2D eigenvalue weighted by molar-refractivity contribution is 7.92. The van der Waals surface area contributed by atoms with Crippen molar-refractivity contribution >= 4 is 34.1 Å². The lowest BCUT2D eigenvalue weighted by atomic mass is 9.93. The van der Waals surface area contributed by atoms with Crippen molar-refractivity contribution in [1.82, 2.24) is 15.3 Å². The number of benzene rings is 1. The topological polar surface area (TPSA) is 87.2 Å². The molecule has 0 saturated carbocycles. The quantitative estimate of drug-likeness (QED) is 0.439. The number of piperazine rings is 1. The molecule has 3 saturated heterocycles. The fourth-order valence-corrected chi connectivity index (χ4v) is 5.66. The van der Waals surface area contributed by atoms with Gasteiger partial charge in [0, 0.05) is 30.7 Å². The zero-order valence-electron chi connectivity index (χ0n) is 19.6. The lowest BCUT2D eigenvalue weighted by Crippen LogP contribution is -2.61. The van der Waals surface area contributed by atoms with Gasteiger partial charge in [0.25, 0.3) is 10.0 Å². The highest BCUT2D eigenvalue weighted by Gasteiger charge is 2.36. The summed E-state index contributed by atoms with van der Waals surface area (Å²) in [6.45, 7) is 3.02. The summed E-state index contributed by atoms with van der Waals surface area (Å²) < 4.78 is 83.4. The van der Waals surface area contributed by atoms with Gasteiger partial charge in [0.15, 0.2) is 5.03 Å². The predicted octanol–water partition coefficient (Wildman–Crippen LogP) is 4.77. The van der Waals surface area contributed by atoms with Crippen LogP contribution in [-0.4, -0.2) is 43.6 Å². The van der Waals surface area contributed by atoms with Crippen molar-refractivity contribution in [2.24, 2.45) is 0 Å². The minimum atomic E-state index is -4.78. The summed E-state index contributed by atoms with van der Waals surface area (Å²) in [5.74, 6) is -0.556. The molecular weight excluding hydrogens is 534 g/mol. The molecule has 37 heavy (non-hydrogen) atoms. The molecule has 3 aliphatic heterocycles. The first-order valence-electron chi connectivity index (χ1n) is 11.4. The van der Waals surface area contributed by atoms with Gasteiger partial charge in [-0.25, -0.2) is 14.4 Å². The van der Waals surface area contributed by atoms with Gasteiger partial charge in [-0.3, -0.25) is 4.72 Å². The smallest absolute Gasteiger partial charge is 0.351 e. The minimum Gasteiger partial charge on any atom is -0.351 e. The number of aromatic nitrogens is 2. The molecule has 6 rings (SSSR count). The summed E-state index contributed by atoms with van der Waals surface area (Å²) in [7, 11) is -4.27. The summed E-state index contributed by atoms with van der Waals surface area (Å²) in [6.07, 6.45) is -2.75. The van der Waals surface area contributed by atoms with Crippen LogP contribution >= 0.6 is 12.4 Å². The van der Waals surface area contributed by atoms with Crippen LogP contribution in [0.4, 0.5) is 29.2 Å². The molecule has 13 heteroatoms. The van der Waals surface area contributed by atoms with Gasteiger partial charge >= 0.3 is 6.18 Å². The Morgan fingerprint density at radius 3 is 2.51 bits per heavy atom. The molecule has 0 amide bonds. The molecule has 1 aromatic carbocycles. The number of pyridine rings is 2. The maximum absolute atomic E-state index is 13.9. The molecule has 1 unspecified atom stereocenters. The molecule has 2 atom stereocenters. The number of sulfonamides is 1. The average Bonchev–Trinajstić information content (AvgIpc) is 2.85. The zero-order chi connectivity index (χ0) is 25.7. The third-order valence-electron chi connectivity index (χ3n) is 6.52. The van der Waals surface area contributed by atoms with Gasteiger partial charge in [0.2, 0.25) is 0 Å². The molecule has 0 radical (unpaired) electrons. The predicted molar refractivity (Wildman–Crippen MR) is 134 cm³/mol. The minimum absolute atomic E-state index is 0. The van der Waals surface area contributed by atoms with Crippen molar-refractivity contribution in [2.45, 2.75) is 43.1 Å². The van der Waals surface area contributed by atoms with E-state index in [4.69, 9.17) is 0 Å². The summed E-state index contributed by atoms with van der Waals surface area (Å²) in [6, 6.07) is 10.2. The Hall–Kier alpha value is -2.96. The zero-order valence-corrected chi connectivity index (χ0v) is 21.2. The van der Waals surface area contributed by atoms with Crippen LogP contribution < -0.4 is 14.9 Å². The van der Waals surface area contributed by atoms with Crippen LogP contribution in [0.25, 0.3) is 11.3 Å². The Bertz CT molecular complexity index is 1410. The van der Waals surface area contributed by atoms with Crippen LogP contribution in [0.2, 0.25) is 0 Å². The van der Waals surface area contributed by atoms with E-state index in [0.29, 0.717) is 24.0 Å². The summed E-state index contributed by atoms with van der Waals surface area (Å²) in [5, 5.41) is 3.15. The van der Waals surface area contributed by atoms with E-state index < -0.39 is 33.3 Å². The molecule has 3 aliphatic rings. The largest absolute Gasteiger partial charge is 0.418 e. The van der Waals surface area contributed by atoms with Gasteiger partial charge in [-0.15, -0.1) is 12.4 Å². The first-order chi connectivity index (χ1) is 17.0. The second kappa shape index (κ2) is 10.1. The molecule has 7 nitrogen and oxygen atoms in total. The molecule has 198 valence electrons. The molecule has 5 heterocycles. The van der Waals surface area contributed by atoms with Gasteiger partial charge in [-0.1, -0.05) is 12.1 Å². The molecule has 2 N–H and O–H groups in total. The number of hydrogen-bond acceptors (Lipinski definition) is 6. The second-order valence-electron chi connectivity index (χ2n) is 8.98. The van der Waals surface area contributed by atoms with Crippen molar-refractivity contribution in [3.8, 4) is 11.3 Å². The Balaban J connectivity index is 0.00000320. The maximum atomic E-state index is 13.9. The van der Waals surface area contributed by atoms with Crippen molar-refractivity contribution in [3.63, 3.8) is 0 Å². The van der Waals surface area contributed by atoms with E-state index in [9.17, 15) is 26.0 Å². The number of hydrogen-bond donors (Lipinski definition) is 2. The fraction of sp³-hybridized carbons (Fsp3) is 0.333. The summed E-state index contributed by atoms with van der Waals surface area (Å²) in [5.41, 5.74) is -1.40. The van der Waals surface area contributed by atoms with Crippen LogP contribution in [-0.2, 0) is 16.2 Å². The third-order valence-corrected chi connectivity index (χ3v) is 7.78. The summed E-state index contributed by atoms with van der Waals surface area (Å²) in [4.78, 5) is 10.4. The fourth-order valence-electron chi connectivity index (χ4n) is 4.69. The lowest BCUT2D eigenvalue weighted by molar-refractivity contribution is -0.137. The molecule has 3 aromatic rings. The first-order valence-corrected chi connectivity index (χ1v) is 12.8. The van der Waals surface area contributed by atoms with E-state index >= 15 is 0 Å². The standard InChI is InChI=1S/C24H23F4N5O2S.ClH/c1-14-5-6-15(25)11-18(14)23-19(24(26,27)28)9-10-20(30-23)32-36(34,35)22-4-2-3-21(31-22)33-13-16-7-8-17(33)12-29-16;/h2-6,9-11,16-17,29H,7-8,12-13H2,1H3,(H,30,32);1H/t16-,17?;/m0./s1. The van der Waals surface area contributed by atoms with E-state index in [-0.39, 0.29) is 34.9 Å². The maximum Gasteiger partial charge on any atom is 0.418 e. The number of aryl methyl sites for hydroxylation is 1. The number of fused-ring (bicyclic) bond motifs is 3. The van der Waals surface area contributed by atoms with Gasteiger partial charge in [-0.2, -0.15) is 21.6 Å². The van der Waals surface area contributed by atoms with Crippen molar-refractivity contribution in [3.05, 3.63) is 65.5 Å². The Labute approximate surface area is 217 Å².